The number of halogens is 3. The summed E-state index contributed by atoms with van der Waals surface area (Å²) in [7, 11) is 0. The Hall–Kier alpha value is -1.33. The highest BCUT2D eigenvalue weighted by Crippen LogP contribution is 2.36. The van der Waals surface area contributed by atoms with Crippen LogP contribution in [-0.4, -0.2) is 35.8 Å². The van der Waals surface area contributed by atoms with Crippen LogP contribution >= 0.6 is 0 Å². The second-order valence-electron chi connectivity index (χ2n) is 6.06. The topological polar surface area (TPSA) is 32.7 Å². The van der Waals surface area contributed by atoms with E-state index in [0.29, 0.717) is 18.9 Å². The molecule has 0 atom stereocenters. The quantitative estimate of drug-likeness (QED) is 0.686. The molecule has 21 heavy (non-hydrogen) atoms. The second-order valence-corrected chi connectivity index (χ2v) is 6.06. The smallest absolute Gasteiger partial charge is 0.360 e. The summed E-state index contributed by atoms with van der Waals surface area (Å²) in [4.78, 5) is 18.6. The molecule has 3 aliphatic rings. The monoisotopic (exact) mass is 300 g/mol. The van der Waals surface area contributed by atoms with Crippen LogP contribution in [0, 0.1) is 5.92 Å². The van der Waals surface area contributed by atoms with Crippen LogP contribution in [0.5, 0.6) is 0 Å². The number of aliphatic imine (C=N–C) groups is 1. The molecule has 0 radical (unpaired) electrons. The van der Waals surface area contributed by atoms with E-state index in [4.69, 9.17) is 0 Å². The molecule has 1 saturated heterocycles. The third-order valence-electron chi connectivity index (χ3n) is 4.68. The third kappa shape index (κ3) is 2.99. The van der Waals surface area contributed by atoms with Crippen LogP contribution in [-0.2, 0) is 4.79 Å². The summed E-state index contributed by atoms with van der Waals surface area (Å²) >= 11 is 0. The number of hydrogen-bond acceptors (Lipinski definition) is 3. The molecule has 3 rings (SSSR count). The van der Waals surface area contributed by atoms with Crippen molar-refractivity contribution in [3.63, 3.8) is 0 Å². The van der Waals surface area contributed by atoms with Crippen LogP contribution in [0.1, 0.15) is 44.9 Å². The lowest BCUT2D eigenvalue weighted by molar-refractivity contribution is -0.183. The molecule has 0 aromatic carbocycles. The summed E-state index contributed by atoms with van der Waals surface area (Å²) in [6.07, 6.45) is 0.0617. The Balaban J connectivity index is 1.70. The van der Waals surface area contributed by atoms with E-state index in [-0.39, 0.29) is 25.0 Å². The van der Waals surface area contributed by atoms with Gasteiger partial charge in [0.25, 0.3) is 0 Å². The number of rotatable bonds is 0. The van der Waals surface area contributed by atoms with Gasteiger partial charge in [-0.25, -0.2) is 4.99 Å². The molecular weight excluding hydrogens is 281 g/mol. The minimum absolute atomic E-state index is 0.0998. The number of Topliss-reactive ketones (excluding diaryl/α,β-unsaturated/α-hetero) is 1. The van der Waals surface area contributed by atoms with Crippen LogP contribution in [0.2, 0.25) is 0 Å². The molecule has 0 saturated carbocycles. The van der Waals surface area contributed by atoms with Gasteiger partial charge in [-0.2, -0.15) is 13.2 Å². The van der Waals surface area contributed by atoms with E-state index in [1.165, 1.54) is 0 Å². The van der Waals surface area contributed by atoms with Crippen LogP contribution in [0.3, 0.4) is 0 Å². The Bertz CT molecular complexity index is 500. The van der Waals surface area contributed by atoms with E-state index in [1.807, 2.05) is 4.90 Å². The molecular formula is C15H19F3N2O. The molecule has 0 N–H and O–H groups in total. The molecule has 3 nitrogen and oxygen atoms in total. The first-order valence-electron chi connectivity index (χ1n) is 7.59. The van der Waals surface area contributed by atoms with Gasteiger partial charge in [0.2, 0.25) is 0 Å². The first-order valence-corrected chi connectivity index (χ1v) is 7.59. The number of ketones is 1. The molecule has 0 spiro atoms. The van der Waals surface area contributed by atoms with E-state index in [9.17, 15) is 18.0 Å². The zero-order chi connectivity index (χ0) is 15.0. The zero-order valence-corrected chi connectivity index (χ0v) is 11.9. The number of carbonyl (C=O) groups excluding carboxylic acids is 1. The van der Waals surface area contributed by atoms with E-state index in [2.05, 4.69) is 4.99 Å². The van der Waals surface area contributed by atoms with Crippen LogP contribution in [0.25, 0.3) is 0 Å². The lowest BCUT2D eigenvalue weighted by Crippen LogP contribution is -2.43. The van der Waals surface area contributed by atoms with Gasteiger partial charge in [0.05, 0.1) is 12.3 Å². The largest absolute Gasteiger partial charge is 0.391 e. The molecule has 0 aromatic heterocycles. The van der Waals surface area contributed by atoms with Gasteiger partial charge in [-0.15, -0.1) is 0 Å². The Morgan fingerprint density at radius 2 is 1.76 bits per heavy atom. The number of hydrogen-bond donors (Lipinski definition) is 0. The number of piperidine rings is 1. The van der Waals surface area contributed by atoms with Gasteiger partial charge >= 0.3 is 6.18 Å². The van der Waals surface area contributed by atoms with Crippen LogP contribution in [0.4, 0.5) is 13.2 Å². The van der Waals surface area contributed by atoms with E-state index < -0.39 is 12.1 Å². The SMILES string of the molecule is O=C1CC(N2CCC(C(F)(F)F)CC2)=NC2=C1CCCC2. The van der Waals surface area contributed by atoms with E-state index in [1.54, 1.807) is 0 Å². The highest BCUT2D eigenvalue weighted by molar-refractivity contribution is 6.11. The van der Waals surface area contributed by atoms with Crippen molar-refractivity contribution in [2.24, 2.45) is 10.9 Å². The van der Waals surface area contributed by atoms with Gasteiger partial charge in [-0.3, -0.25) is 4.79 Å². The van der Waals surface area contributed by atoms with Crippen molar-refractivity contribution in [2.75, 3.05) is 13.1 Å². The van der Waals surface area contributed by atoms with Gasteiger partial charge in [-0.05, 0) is 38.5 Å². The highest BCUT2D eigenvalue weighted by Gasteiger charge is 2.41. The fourth-order valence-corrected chi connectivity index (χ4v) is 3.41. The molecule has 0 unspecified atom stereocenters. The van der Waals surface area contributed by atoms with Crippen molar-refractivity contribution in [3.05, 3.63) is 11.3 Å². The summed E-state index contributed by atoms with van der Waals surface area (Å²) in [6.45, 7) is 0.692. The molecule has 0 amide bonds. The van der Waals surface area contributed by atoms with Crippen molar-refractivity contribution in [2.45, 2.75) is 51.1 Å². The number of alkyl halides is 3. The Morgan fingerprint density at radius 1 is 1.10 bits per heavy atom. The number of amidine groups is 1. The second kappa shape index (κ2) is 5.46. The highest BCUT2D eigenvalue weighted by atomic mass is 19.4. The fourth-order valence-electron chi connectivity index (χ4n) is 3.41. The van der Waals surface area contributed by atoms with Crippen molar-refractivity contribution >= 4 is 11.6 Å². The van der Waals surface area contributed by atoms with Gasteiger partial charge in [0.15, 0.2) is 5.78 Å². The summed E-state index contributed by atoms with van der Waals surface area (Å²) in [6, 6.07) is 0. The lowest BCUT2D eigenvalue weighted by atomic mass is 9.89. The molecule has 2 heterocycles. The van der Waals surface area contributed by atoms with Crippen molar-refractivity contribution < 1.29 is 18.0 Å². The Labute approximate surface area is 121 Å². The maximum absolute atomic E-state index is 12.7. The third-order valence-corrected chi connectivity index (χ3v) is 4.68. The average molecular weight is 300 g/mol. The van der Waals surface area contributed by atoms with Gasteiger partial charge in [-0.1, -0.05) is 0 Å². The molecule has 0 aromatic rings. The number of carbonyl (C=O) groups is 1. The standard InChI is InChI=1S/C15H19F3N2O/c16-15(17,18)10-5-7-20(8-6-10)14-9-13(21)11-3-1-2-4-12(11)19-14/h10H,1-9H2. The normalized spacial score (nSPS) is 25.0. The summed E-state index contributed by atoms with van der Waals surface area (Å²) in [5.74, 6) is -0.410. The molecule has 116 valence electrons. The first-order chi connectivity index (χ1) is 9.95. The maximum Gasteiger partial charge on any atom is 0.391 e. The summed E-state index contributed by atoms with van der Waals surface area (Å²) < 4.78 is 38.1. The van der Waals surface area contributed by atoms with Crippen molar-refractivity contribution in [3.8, 4) is 0 Å². The van der Waals surface area contributed by atoms with E-state index in [0.717, 1.165) is 37.0 Å². The summed E-state index contributed by atoms with van der Waals surface area (Å²) in [5, 5.41) is 0. The Morgan fingerprint density at radius 3 is 2.43 bits per heavy atom. The predicted molar refractivity (Wildman–Crippen MR) is 72.9 cm³/mol. The lowest BCUT2D eigenvalue weighted by Gasteiger charge is -2.36. The number of likely N-dealkylation sites (tertiary alicyclic amines) is 1. The van der Waals surface area contributed by atoms with Crippen molar-refractivity contribution in [1.82, 2.24) is 4.90 Å². The molecule has 0 bridgehead atoms. The van der Waals surface area contributed by atoms with E-state index >= 15 is 0 Å². The molecule has 1 fully saturated rings. The van der Waals surface area contributed by atoms with Crippen LogP contribution in [0.15, 0.2) is 16.3 Å². The number of allylic oxidation sites excluding steroid dienone is 2. The van der Waals surface area contributed by atoms with Gasteiger partial charge in [0, 0.05) is 24.4 Å². The first kappa shape index (κ1) is 14.6. The fraction of sp³-hybridized carbons (Fsp3) is 0.733. The van der Waals surface area contributed by atoms with Gasteiger partial charge in [0.1, 0.15) is 5.84 Å². The average Bonchev–Trinajstić information content (AvgIpc) is 2.46. The summed E-state index contributed by atoms with van der Waals surface area (Å²) in [5.41, 5.74) is 1.74. The number of nitrogens with zero attached hydrogens (tertiary/aromatic N) is 2. The maximum atomic E-state index is 12.7. The van der Waals surface area contributed by atoms with Gasteiger partial charge < -0.3 is 4.90 Å². The van der Waals surface area contributed by atoms with Crippen molar-refractivity contribution in [1.29, 1.82) is 0 Å². The predicted octanol–water partition coefficient (Wildman–Crippen LogP) is 3.46. The minimum atomic E-state index is -4.10. The molecule has 1 aliphatic carbocycles. The van der Waals surface area contributed by atoms with Crippen LogP contribution < -0.4 is 0 Å². The molecule has 2 aliphatic heterocycles. The zero-order valence-electron chi connectivity index (χ0n) is 11.9. The minimum Gasteiger partial charge on any atom is -0.360 e. The Kier molecular flexibility index (Phi) is 3.80. The molecule has 6 heteroatoms.